The Hall–Kier alpha value is -4.26. The highest BCUT2D eigenvalue weighted by Crippen LogP contribution is 2.26. The number of carbonyl (C=O) groups excluding carboxylic acids is 1. The zero-order valence-corrected chi connectivity index (χ0v) is 25.1. The second-order valence-corrected chi connectivity index (χ2v) is 13.6. The van der Waals surface area contributed by atoms with Crippen LogP contribution in [0.5, 0.6) is 0 Å². The number of nitrogens with one attached hydrogen (secondary N) is 2. The number of hydrogen-bond donors (Lipinski definition) is 2. The third-order valence-electron chi connectivity index (χ3n) is 6.59. The molecule has 0 aliphatic rings. The highest BCUT2D eigenvalue weighted by molar-refractivity contribution is 7.92. The number of carbonyl (C=O) groups is 1. The van der Waals surface area contributed by atoms with E-state index in [0.29, 0.717) is 22.5 Å². The Morgan fingerprint density at radius 2 is 1.40 bits per heavy atom. The fraction of sp³-hybridized carbons (Fsp3) is 0.167. The Balaban J connectivity index is 1.45. The van der Waals surface area contributed by atoms with Crippen LogP contribution in [0.4, 0.5) is 21.5 Å². The number of anilines is 3. The van der Waals surface area contributed by atoms with Crippen molar-refractivity contribution in [3.63, 3.8) is 0 Å². The zero-order chi connectivity index (χ0) is 30.7. The molecule has 2 N–H and O–H groups in total. The minimum atomic E-state index is -4.02. The lowest BCUT2D eigenvalue weighted by Gasteiger charge is -2.27. The second kappa shape index (κ2) is 12.3. The molecule has 0 heterocycles. The molecule has 0 bridgehead atoms. The number of aryl methyl sites for hydroxylation is 2. The van der Waals surface area contributed by atoms with Gasteiger partial charge in [0.15, 0.2) is 0 Å². The van der Waals surface area contributed by atoms with E-state index >= 15 is 0 Å². The largest absolute Gasteiger partial charge is 0.322 e. The SMILES string of the molecule is Cc1ccc(NS(=O)(=O)c2ccc(NC(=O)c3ccc(CN(c4ccccc4F)S(=O)(=O)N(C)C)cc3)cc2)cc1C. The Morgan fingerprint density at radius 1 is 0.786 bits per heavy atom. The molecule has 0 unspecified atom stereocenters. The van der Waals surface area contributed by atoms with Crippen molar-refractivity contribution in [3.8, 4) is 0 Å². The van der Waals surface area contributed by atoms with Crippen molar-refractivity contribution in [3.05, 3.63) is 119 Å². The normalized spacial score (nSPS) is 11.8. The summed E-state index contributed by atoms with van der Waals surface area (Å²) in [6.07, 6.45) is 0. The van der Waals surface area contributed by atoms with Crippen molar-refractivity contribution in [1.29, 1.82) is 0 Å². The first kappa shape index (κ1) is 30.7. The lowest BCUT2D eigenvalue weighted by Crippen LogP contribution is -2.40. The Bertz CT molecular complexity index is 1810. The van der Waals surface area contributed by atoms with Gasteiger partial charge in [0.1, 0.15) is 5.82 Å². The number of para-hydroxylation sites is 1. The summed E-state index contributed by atoms with van der Waals surface area (Å²) in [6, 6.07) is 22.9. The predicted molar refractivity (Wildman–Crippen MR) is 163 cm³/mol. The smallest absolute Gasteiger partial charge is 0.303 e. The van der Waals surface area contributed by atoms with Crippen molar-refractivity contribution >= 4 is 43.2 Å². The van der Waals surface area contributed by atoms with Crippen molar-refractivity contribution in [2.45, 2.75) is 25.3 Å². The molecule has 0 radical (unpaired) electrons. The summed E-state index contributed by atoms with van der Waals surface area (Å²) in [6.45, 7) is 3.68. The number of halogens is 1. The molecular formula is C30H31FN4O5S2. The standard InChI is InChI=1S/C30H31FN4O5S2/c1-21-9-14-26(19-22(21)2)33-41(37,38)27-17-15-25(16-18-27)32-30(36)24-12-10-23(11-13-24)20-35(42(39,40)34(3)4)29-8-6-5-7-28(29)31/h5-19,33H,20H2,1-4H3,(H,32,36). The van der Waals surface area contributed by atoms with Crippen LogP contribution in [0.15, 0.2) is 95.9 Å². The van der Waals surface area contributed by atoms with Crippen LogP contribution in [0.1, 0.15) is 27.0 Å². The molecule has 1 amide bonds. The Morgan fingerprint density at radius 3 is 2.00 bits per heavy atom. The van der Waals surface area contributed by atoms with Crippen molar-refractivity contribution in [2.24, 2.45) is 0 Å². The molecule has 4 rings (SSSR count). The highest BCUT2D eigenvalue weighted by atomic mass is 32.2. The topological polar surface area (TPSA) is 116 Å². The molecule has 9 nitrogen and oxygen atoms in total. The monoisotopic (exact) mass is 610 g/mol. The average Bonchev–Trinajstić information content (AvgIpc) is 2.94. The third-order valence-corrected chi connectivity index (χ3v) is 9.79. The van der Waals surface area contributed by atoms with Gasteiger partial charge in [-0.05, 0) is 91.2 Å². The molecule has 0 spiro atoms. The average molecular weight is 611 g/mol. The summed E-state index contributed by atoms with van der Waals surface area (Å²) in [7, 11) is -5.12. The van der Waals surface area contributed by atoms with E-state index in [9.17, 15) is 26.0 Å². The molecule has 0 aliphatic heterocycles. The molecule has 0 saturated heterocycles. The molecule has 0 aliphatic carbocycles. The fourth-order valence-corrected chi connectivity index (χ4v) is 6.16. The van der Waals surface area contributed by atoms with Crippen LogP contribution in [0, 0.1) is 19.7 Å². The van der Waals surface area contributed by atoms with Crippen molar-refractivity contribution in [2.75, 3.05) is 28.4 Å². The Labute approximate surface area is 245 Å². The van der Waals surface area contributed by atoms with Crippen LogP contribution in [-0.2, 0) is 26.8 Å². The summed E-state index contributed by atoms with van der Waals surface area (Å²) in [4.78, 5) is 12.9. The molecule has 12 heteroatoms. The molecule has 0 saturated carbocycles. The van der Waals surface area contributed by atoms with E-state index in [2.05, 4.69) is 10.0 Å². The van der Waals surface area contributed by atoms with Gasteiger partial charge in [0.2, 0.25) is 0 Å². The van der Waals surface area contributed by atoms with Gasteiger partial charge in [-0.3, -0.25) is 13.8 Å². The predicted octanol–water partition coefficient (Wildman–Crippen LogP) is 5.31. The first-order chi connectivity index (χ1) is 19.8. The number of sulfonamides is 1. The second-order valence-electron chi connectivity index (χ2n) is 9.83. The van der Waals surface area contributed by atoms with Gasteiger partial charge in [-0.2, -0.15) is 12.7 Å². The summed E-state index contributed by atoms with van der Waals surface area (Å²) >= 11 is 0. The van der Waals surface area contributed by atoms with E-state index in [0.717, 1.165) is 19.7 Å². The van der Waals surface area contributed by atoms with Crippen LogP contribution in [0.2, 0.25) is 0 Å². The molecule has 4 aromatic carbocycles. The van der Waals surface area contributed by atoms with Gasteiger partial charge in [-0.1, -0.05) is 30.3 Å². The fourth-order valence-electron chi connectivity index (χ4n) is 4.01. The van der Waals surface area contributed by atoms with Gasteiger partial charge in [0.05, 0.1) is 17.1 Å². The van der Waals surface area contributed by atoms with Gasteiger partial charge in [-0.15, -0.1) is 0 Å². The first-order valence-electron chi connectivity index (χ1n) is 12.8. The minimum Gasteiger partial charge on any atom is -0.322 e. The van der Waals surface area contributed by atoms with E-state index in [4.69, 9.17) is 0 Å². The molecular weight excluding hydrogens is 579 g/mol. The maximum Gasteiger partial charge on any atom is 0.303 e. The lowest BCUT2D eigenvalue weighted by molar-refractivity contribution is 0.102. The maximum absolute atomic E-state index is 14.5. The van der Waals surface area contributed by atoms with E-state index in [1.807, 2.05) is 19.9 Å². The highest BCUT2D eigenvalue weighted by Gasteiger charge is 2.27. The third kappa shape index (κ3) is 6.96. The number of hydrogen-bond acceptors (Lipinski definition) is 5. The van der Waals surface area contributed by atoms with Crippen LogP contribution in [-0.4, -0.2) is 41.1 Å². The maximum atomic E-state index is 14.5. The van der Waals surface area contributed by atoms with Gasteiger partial charge >= 0.3 is 10.2 Å². The van der Waals surface area contributed by atoms with Crippen LogP contribution < -0.4 is 14.3 Å². The summed E-state index contributed by atoms with van der Waals surface area (Å²) in [5, 5.41) is 2.72. The number of amides is 1. The van der Waals surface area contributed by atoms with Crippen molar-refractivity contribution in [1.82, 2.24) is 4.31 Å². The first-order valence-corrected chi connectivity index (χ1v) is 15.7. The minimum absolute atomic E-state index is 0.0372. The number of rotatable bonds is 10. The lowest BCUT2D eigenvalue weighted by atomic mass is 10.1. The number of benzene rings is 4. The molecule has 4 aromatic rings. The van der Waals surface area contributed by atoms with Gasteiger partial charge < -0.3 is 5.32 Å². The molecule has 0 fully saturated rings. The van der Waals surface area contributed by atoms with Gasteiger partial charge in [0, 0.05) is 31.0 Å². The summed E-state index contributed by atoms with van der Waals surface area (Å²) in [5.74, 6) is -1.13. The molecule has 42 heavy (non-hydrogen) atoms. The summed E-state index contributed by atoms with van der Waals surface area (Å²) < 4.78 is 70.5. The number of nitrogens with zero attached hydrogens (tertiary/aromatic N) is 2. The zero-order valence-electron chi connectivity index (χ0n) is 23.5. The Kier molecular flexibility index (Phi) is 9.00. The van der Waals surface area contributed by atoms with E-state index in [-0.39, 0.29) is 17.1 Å². The van der Waals surface area contributed by atoms with E-state index in [1.165, 1.54) is 68.7 Å². The van der Waals surface area contributed by atoms with Crippen LogP contribution in [0.25, 0.3) is 0 Å². The quantitative estimate of drug-likeness (QED) is 0.253. The molecule has 220 valence electrons. The van der Waals surface area contributed by atoms with Gasteiger partial charge in [-0.25, -0.2) is 12.8 Å². The van der Waals surface area contributed by atoms with Crippen LogP contribution >= 0.6 is 0 Å². The van der Waals surface area contributed by atoms with Gasteiger partial charge in [0.25, 0.3) is 15.9 Å². The van der Waals surface area contributed by atoms with E-state index in [1.54, 1.807) is 30.3 Å². The molecule has 0 aromatic heterocycles. The van der Waals surface area contributed by atoms with Crippen LogP contribution in [0.3, 0.4) is 0 Å². The van der Waals surface area contributed by atoms with Crippen molar-refractivity contribution < 1.29 is 26.0 Å². The molecule has 0 atom stereocenters. The van der Waals surface area contributed by atoms with E-state index < -0.39 is 32.0 Å². The summed E-state index contributed by atoms with van der Waals surface area (Å²) in [5.41, 5.74) is 3.58.